The lowest BCUT2D eigenvalue weighted by Gasteiger charge is -2.56. The normalized spacial score (nSPS) is 23.0. The Morgan fingerprint density at radius 1 is 0.492 bits per heavy atom. The van der Waals surface area contributed by atoms with Crippen molar-refractivity contribution in [3.8, 4) is 17.6 Å². The Labute approximate surface area is 782 Å². The monoisotopic (exact) mass is 1850 g/mol. The number of hydrogen-bond acceptors (Lipinski definition) is 23. The Hall–Kier alpha value is -8.60. The molecule has 4 unspecified atom stereocenters. The molecule has 15 N–H and O–H groups in total. The van der Waals surface area contributed by atoms with E-state index in [9.17, 15) is 48.3 Å². The van der Waals surface area contributed by atoms with Crippen LogP contribution in [0.1, 0.15) is 224 Å². The quantitative estimate of drug-likeness (QED) is 0.0139. The highest BCUT2D eigenvalue weighted by molar-refractivity contribution is 6.01. The zero-order chi connectivity index (χ0) is 95.4. The standard InChI is InChI=1S/C98H157N13O21/c1-69(2)88(91(119)108-79(27-20-44-105-94(100)122)89(117)106-72-33-29-70-31-35-81-95(3,75(70)65-72)39-21-41-97(81,5)92(120)110-93(121)98(6)42-22-40-96(4)76-66-73(112)34-30-71(76)32-36-82(96)98)109-90(118)78(107-84(114)38-50-124-54-58-128-62-64-130-60-56-126-52-47-104-85(115)67-131-74-23-14-11-10-12-15-24-74)26-18-19-43-102-86(116)68-132-80-28-17-13-16-25-77(87(80)99)101-46-51-125-55-59-129-63-61-127-57-53-123-49-37-83(113)103-45-48-111(7,8)9/h29-30,33-34,65-66,69,74,78-82,88,101H,10-14,16-23,25-28,31-32,35-64,67-68,99H2,1-9H3,(H11-,100,102,103,104,105,106,107,108,109,110,112,113,114,115,116,117,118,119,120,121,122)/p+1/b87-77-/t74?,78?,79-,80?,81?,82+,88-,95+,96+,97-,98-/m0/s1. The van der Waals surface area contributed by atoms with E-state index in [0.717, 1.165) is 117 Å². The largest absolute Gasteiger partial charge is 0.508 e. The van der Waals surface area contributed by atoms with E-state index in [4.69, 9.17) is 58.8 Å². The number of imide groups is 1. The maximum Gasteiger partial charge on any atom is 0.312 e. The maximum atomic E-state index is 15.1. The second-order valence-corrected chi connectivity index (χ2v) is 38.3. The number of carbonyl (C=O) groups excluding carboxylic acids is 10. The molecule has 2 aromatic rings. The van der Waals surface area contributed by atoms with E-state index >= 15 is 4.79 Å². The van der Waals surface area contributed by atoms with Gasteiger partial charge in [-0.15, -0.1) is 5.92 Å². The molecular weight excluding hydrogens is 1700 g/mol. The van der Waals surface area contributed by atoms with Crippen molar-refractivity contribution in [2.24, 2.45) is 40.1 Å². The van der Waals surface area contributed by atoms with Gasteiger partial charge in [-0.25, -0.2) is 4.79 Å². The molecule has 11 atom stereocenters. The molecule has 6 aliphatic rings. The summed E-state index contributed by atoms with van der Waals surface area (Å²) in [6.45, 7) is 19.2. The van der Waals surface area contributed by atoms with Crippen LogP contribution in [0.5, 0.6) is 5.75 Å². The number of fused-ring (bicyclic) bond motifs is 6. The van der Waals surface area contributed by atoms with Gasteiger partial charge in [-0.2, -0.15) is 0 Å². The van der Waals surface area contributed by atoms with Crippen LogP contribution in [-0.4, -0.2) is 278 Å². The number of phenols is 1. The predicted octanol–water partition coefficient (Wildman–Crippen LogP) is 6.85. The minimum absolute atomic E-state index is 0.00560. The number of nitrogens with zero attached hydrogens (tertiary/aromatic N) is 1. The number of nitrogens with one attached hydrogen (secondary N) is 10. The van der Waals surface area contributed by atoms with Crippen LogP contribution in [0, 0.1) is 40.4 Å². The van der Waals surface area contributed by atoms with Crippen LogP contribution in [0.3, 0.4) is 0 Å². The second-order valence-electron chi connectivity index (χ2n) is 38.3. The number of hydrogen-bond donors (Lipinski definition) is 13. The number of benzene rings is 2. The van der Waals surface area contributed by atoms with Gasteiger partial charge >= 0.3 is 6.03 Å². The third-order valence-electron chi connectivity index (χ3n) is 26.9. The Kier molecular flexibility index (Phi) is 46.7. The summed E-state index contributed by atoms with van der Waals surface area (Å²) in [5, 5.41) is 40.0. The van der Waals surface area contributed by atoms with E-state index in [0.29, 0.717) is 175 Å². The van der Waals surface area contributed by atoms with Gasteiger partial charge in [0.05, 0.1) is 163 Å². The average Bonchev–Trinajstić information content (AvgIpc) is 0.720. The zero-order valence-corrected chi connectivity index (χ0v) is 80.4. The molecule has 8 rings (SSSR count). The molecule has 0 saturated heterocycles. The summed E-state index contributed by atoms with van der Waals surface area (Å²) in [5.41, 5.74) is 15.8. The molecule has 34 heteroatoms. The van der Waals surface area contributed by atoms with Crippen LogP contribution < -0.4 is 64.6 Å². The highest BCUT2D eigenvalue weighted by Crippen LogP contribution is 2.60. The summed E-state index contributed by atoms with van der Waals surface area (Å²) < 4.78 is 57.8. The van der Waals surface area contributed by atoms with Crippen molar-refractivity contribution in [1.82, 2.24) is 47.9 Å². The fourth-order valence-electron chi connectivity index (χ4n) is 19.5. The molecule has 2 fully saturated rings. The Morgan fingerprint density at radius 3 is 1.61 bits per heavy atom. The molecule has 132 heavy (non-hydrogen) atoms. The van der Waals surface area contributed by atoms with Gasteiger partial charge in [-0.1, -0.05) is 91.7 Å². The van der Waals surface area contributed by atoms with E-state index in [1.54, 1.807) is 19.9 Å². The molecule has 0 bridgehead atoms. The number of unbranched alkanes of at least 4 members (excludes halogenated alkanes) is 1. The number of rotatable bonds is 59. The number of primary amides is 1. The van der Waals surface area contributed by atoms with Crippen molar-refractivity contribution in [3.63, 3.8) is 0 Å². The highest BCUT2D eigenvalue weighted by atomic mass is 16.6. The van der Waals surface area contributed by atoms with Crippen LogP contribution in [0.25, 0.3) is 0 Å². The summed E-state index contributed by atoms with van der Waals surface area (Å²) in [7, 11) is 6.23. The number of urea groups is 1. The van der Waals surface area contributed by atoms with Crippen molar-refractivity contribution >= 4 is 64.9 Å². The maximum absolute atomic E-state index is 15.1. The van der Waals surface area contributed by atoms with Crippen molar-refractivity contribution < 1.29 is 105 Å². The number of ether oxygens (including phenoxy) is 10. The van der Waals surface area contributed by atoms with Crippen LogP contribution in [-0.2, 0) is 114 Å². The van der Waals surface area contributed by atoms with Gasteiger partial charge in [0.15, 0.2) is 0 Å². The average molecular weight is 1850 g/mol. The summed E-state index contributed by atoms with van der Waals surface area (Å²) in [5.74, 6) is 2.12. The molecule has 34 nitrogen and oxygen atoms in total. The first kappa shape index (κ1) is 109. The van der Waals surface area contributed by atoms with E-state index in [1.807, 2.05) is 44.2 Å². The molecule has 6 aliphatic carbocycles. The number of allylic oxidation sites excluding steroid dienone is 1. The van der Waals surface area contributed by atoms with Crippen LogP contribution in [0.4, 0.5) is 10.5 Å². The Balaban J connectivity index is 0.814. The first-order chi connectivity index (χ1) is 63.3. The fourth-order valence-corrected chi connectivity index (χ4v) is 19.5. The van der Waals surface area contributed by atoms with Gasteiger partial charge in [0, 0.05) is 56.8 Å². The summed E-state index contributed by atoms with van der Waals surface area (Å²) in [6.07, 6.45) is 16.9. The summed E-state index contributed by atoms with van der Waals surface area (Å²) in [4.78, 5) is 138. The number of phenolic OH excluding ortho intramolecular Hbond substituents is 1. The van der Waals surface area contributed by atoms with Crippen molar-refractivity contribution in [3.05, 3.63) is 70.0 Å². The van der Waals surface area contributed by atoms with Gasteiger partial charge in [-0.05, 0) is 197 Å². The molecule has 0 radical (unpaired) electrons. The number of likely N-dealkylation sites (N-methyl/N-ethyl adjacent to an activating group) is 1. The first-order valence-corrected chi connectivity index (χ1v) is 48.6. The summed E-state index contributed by atoms with van der Waals surface area (Å²) >= 11 is 0. The number of amides is 11. The molecule has 2 saturated carbocycles. The topological polar surface area (TPSA) is 456 Å². The lowest BCUT2D eigenvalue weighted by molar-refractivity contribution is -0.869. The van der Waals surface area contributed by atoms with E-state index in [2.05, 4.69) is 100.0 Å². The van der Waals surface area contributed by atoms with Gasteiger partial charge in [0.1, 0.15) is 43.2 Å². The van der Waals surface area contributed by atoms with Crippen LogP contribution in [0.15, 0.2) is 47.8 Å². The van der Waals surface area contributed by atoms with Gasteiger partial charge in [0.2, 0.25) is 53.2 Å². The molecule has 740 valence electrons. The molecule has 0 aromatic heterocycles. The number of quaternary nitrogens is 1. The van der Waals surface area contributed by atoms with Crippen LogP contribution in [0.2, 0.25) is 0 Å². The van der Waals surface area contributed by atoms with Crippen molar-refractivity contribution in [2.45, 2.75) is 256 Å². The molecule has 0 heterocycles. The number of carbonyl (C=O) groups is 10. The molecule has 0 spiro atoms. The Bertz CT molecular complexity index is 4100. The molecule has 11 amide bonds. The lowest BCUT2D eigenvalue weighted by Crippen LogP contribution is -2.60. The minimum atomic E-state index is -1.22. The zero-order valence-electron chi connectivity index (χ0n) is 80.4. The van der Waals surface area contributed by atoms with Gasteiger partial charge in [0.25, 0.3) is 0 Å². The molecule has 0 aliphatic heterocycles. The van der Waals surface area contributed by atoms with Crippen LogP contribution >= 0.6 is 0 Å². The smallest absolute Gasteiger partial charge is 0.312 e. The number of nitrogens with two attached hydrogens (primary N) is 2. The third-order valence-corrected chi connectivity index (χ3v) is 26.9. The van der Waals surface area contributed by atoms with Crippen molar-refractivity contribution in [1.29, 1.82) is 0 Å². The Morgan fingerprint density at radius 2 is 1.01 bits per heavy atom. The van der Waals surface area contributed by atoms with Gasteiger partial charge in [-0.3, -0.25) is 48.5 Å². The predicted molar refractivity (Wildman–Crippen MR) is 500 cm³/mol. The third kappa shape index (κ3) is 35.9. The molecule has 2 aromatic carbocycles. The van der Waals surface area contributed by atoms with Gasteiger partial charge < -0.3 is 116 Å². The number of anilines is 1. The lowest BCUT2D eigenvalue weighted by atomic mass is 9.49. The number of aromatic hydroxyl groups is 1. The fraction of sp³-hybridized carbons (Fsp3) is 0.735. The minimum Gasteiger partial charge on any atom is -0.508 e. The number of aryl methyl sites for hydroxylation is 2. The first-order valence-electron chi connectivity index (χ1n) is 48.6. The van der Waals surface area contributed by atoms with E-state index in [1.165, 1.54) is 5.56 Å². The SMILES string of the molecule is CC(C)[C@H](NC(=O)C(CCCCNC(=O)COC1CCCCC/C(NCCOCCOCCOCCOCCC(=O)NCC[N+](C)(C)C)=C\1N)NC(=O)CCOCCOCCOCCOCCNC(=O)COC1C#CCCCCC1)C(=O)N[C@@H](CCCNC(N)=O)C(=O)Nc1ccc2c(c1)[C@@]1(C)CCC[C@](C)(C(=O)NC(=O)[C@@]3(C)CCC[C@]4(C)c5cc(O)ccc5CC[C@@H]34)C1CC2. The summed E-state index contributed by atoms with van der Waals surface area (Å²) in [6, 6.07) is 7.02. The van der Waals surface area contributed by atoms with Crippen molar-refractivity contribution in [2.75, 3.05) is 185 Å². The highest BCUT2D eigenvalue weighted by Gasteiger charge is 2.59. The van der Waals surface area contributed by atoms with E-state index < -0.39 is 76.1 Å². The molecular formula is C98H158N13O21+. The van der Waals surface area contributed by atoms with E-state index in [-0.39, 0.29) is 137 Å². The second kappa shape index (κ2) is 56.7.